The number of hydrogen-bond acceptors (Lipinski definition) is 1. The molecule has 2 radical (unpaired) electrons. The highest BCUT2D eigenvalue weighted by Gasteiger charge is 1.83. The lowest BCUT2D eigenvalue weighted by molar-refractivity contribution is 0.881. The second-order valence-corrected chi connectivity index (χ2v) is 0.957. The molecule has 0 aromatic heterocycles. The minimum absolute atomic E-state index is 0.889. The predicted octanol–water partition coefficient (Wildman–Crippen LogP) is -0.248. The maximum atomic E-state index is 3.00. The highest BCUT2D eigenvalue weighted by Crippen LogP contribution is 1.71. The number of nitrogens with one attached hydrogen (secondary N) is 1. The van der Waals surface area contributed by atoms with Crippen LogP contribution in [0.4, 0.5) is 0 Å². The monoisotopic (exact) mass is 67.0 g/mol. The molecule has 0 aromatic carbocycles. The average molecular weight is 67.1 g/mol. The summed E-state index contributed by atoms with van der Waals surface area (Å²) in [6.07, 6.45) is 5.72. The number of rotatable bonds is 0. The van der Waals surface area contributed by atoms with Crippen LogP contribution < -0.4 is 5.32 Å². The van der Waals surface area contributed by atoms with Crippen molar-refractivity contribution in [2.75, 3.05) is 13.1 Å². The lowest BCUT2D eigenvalue weighted by Crippen LogP contribution is -2.05. The lowest BCUT2D eigenvalue weighted by atomic mass is 10.6. The normalized spacial score (nSPS) is 20.8. The standard InChI is InChI=1S/C4H5N/c1-2-4-5-3-1/h5H,3-4H2. The summed E-state index contributed by atoms with van der Waals surface area (Å²) in [7, 11) is 0. The van der Waals surface area contributed by atoms with Crippen LogP contribution in [0.1, 0.15) is 0 Å². The Morgan fingerprint density at radius 1 is 1.20 bits per heavy atom. The molecule has 1 aliphatic heterocycles. The van der Waals surface area contributed by atoms with Gasteiger partial charge in [0.25, 0.3) is 0 Å². The van der Waals surface area contributed by atoms with Crippen molar-refractivity contribution in [3.63, 3.8) is 0 Å². The van der Waals surface area contributed by atoms with Gasteiger partial charge in [-0.25, -0.2) is 0 Å². The first-order valence-corrected chi connectivity index (χ1v) is 1.66. The minimum Gasteiger partial charge on any atom is -0.309 e. The summed E-state index contributed by atoms with van der Waals surface area (Å²) >= 11 is 0. The van der Waals surface area contributed by atoms with Gasteiger partial charge in [-0.2, -0.15) is 0 Å². The maximum absolute atomic E-state index is 3.00. The van der Waals surface area contributed by atoms with Crippen LogP contribution in [-0.2, 0) is 0 Å². The zero-order chi connectivity index (χ0) is 3.54. The fraction of sp³-hybridized carbons (Fsp3) is 0.500. The van der Waals surface area contributed by atoms with Crippen LogP contribution in [0.25, 0.3) is 0 Å². The molecule has 26 valence electrons. The smallest absolute Gasteiger partial charge is 0.0215 e. The third kappa shape index (κ3) is 0.484. The Hall–Kier alpha value is -0.300. The molecular weight excluding hydrogens is 62.1 g/mol. The van der Waals surface area contributed by atoms with Gasteiger partial charge < -0.3 is 5.32 Å². The first-order valence-electron chi connectivity index (χ1n) is 1.66. The molecule has 0 saturated heterocycles. The average Bonchev–Trinajstić information content (AvgIpc) is 1.76. The van der Waals surface area contributed by atoms with Crippen LogP contribution in [0.3, 0.4) is 0 Å². The van der Waals surface area contributed by atoms with Gasteiger partial charge in [0, 0.05) is 13.1 Å². The summed E-state index contributed by atoms with van der Waals surface area (Å²) < 4.78 is 0. The third-order valence-electron chi connectivity index (χ3n) is 0.552. The van der Waals surface area contributed by atoms with Gasteiger partial charge in [-0.05, 0) is 12.2 Å². The van der Waals surface area contributed by atoms with E-state index in [1.54, 1.807) is 0 Å². The quantitative estimate of drug-likeness (QED) is 0.412. The van der Waals surface area contributed by atoms with E-state index in [-0.39, 0.29) is 0 Å². The van der Waals surface area contributed by atoms with Gasteiger partial charge in [-0.15, -0.1) is 0 Å². The molecule has 1 nitrogen and oxygen atoms in total. The predicted molar refractivity (Wildman–Crippen MR) is 19.4 cm³/mol. The van der Waals surface area contributed by atoms with Gasteiger partial charge in [-0.1, -0.05) is 0 Å². The molecule has 5 heavy (non-hydrogen) atoms. The fourth-order valence-electron chi connectivity index (χ4n) is 0.312. The van der Waals surface area contributed by atoms with Crippen molar-refractivity contribution >= 4 is 0 Å². The van der Waals surface area contributed by atoms with Crippen molar-refractivity contribution in [1.29, 1.82) is 0 Å². The van der Waals surface area contributed by atoms with Gasteiger partial charge in [0.2, 0.25) is 0 Å². The molecule has 1 aliphatic rings. The lowest BCUT2D eigenvalue weighted by Gasteiger charge is -1.76. The summed E-state index contributed by atoms with van der Waals surface area (Å²) in [5, 5.41) is 3.00. The molecule has 1 heteroatoms. The first kappa shape index (κ1) is 2.91. The zero-order valence-corrected chi connectivity index (χ0v) is 2.91. The molecule has 1 heterocycles. The van der Waals surface area contributed by atoms with Gasteiger partial charge in [0.15, 0.2) is 0 Å². The second-order valence-electron chi connectivity index (χ2n) is 0.957. The highest BCUT2D eigenvalue weighted by molar-refractivity contribution is 4.76. The second kappa shape index (κ2) is 1.22. The van der Waals surface area contributed by atoms with Crippen LogP contribution in [-0.4, -0.2) is 13.1 Å². The topological polar surface area (TPSA) is 12.0 Å². The van der Waals surface area contributed by atoms with Gasteiger partial charge in [0.05, 0.1) is 0 Å². The Labute approximate surface area is 31.7 Å². The molecule has 0 atom stereocenters. The molecule has 0 fully saturated rings. The molecule has 0 amide bonds. The van der Waals surface area contributed by atoms with Crippen LogP contribution in [0.2, 0.25) is 0 Å². The fourth-order valence-corrected chi connectivity index (χ4v) is 0.312. The summed E-state index contributed by atoms with van der Waals surface area (Å²) in [5.74, 6) is 0. The van der Waals surface area contributed by atoms with E-state index in [9.17, 15) is 0 Å². The van der Waals surface area contributed by atoms with Crippen molar-refractivity contribution in [1.82, 2.24) is 5.32 Å². The van der Waals surface area contributed by atoms with Crippen molar-refractivity contribution < 1.29 is 0 Å². The van der Waals surface area contributed by atoms with E-state index in [1.165, 1.54) is 0 Å². The number of hydrogen-bond donors (Lipinski definition) is 1. The van der Waals surface area contributed by atoms with Gasteiger partial charge in [0.1, 0.15) is 0 Å². The van der Waals surface area contributed by atoms with Crippen molar-refractivity contribution in [2.45, 2.75) is 0 Å². The van der Waals surface area contributed by atoms with Crippen LogP contribution >= 0.6 is 0 Å². The van der Waals surface area contributed by atoms with Crippen molar-refractivity contribution in [2.24, 2.45) is 0 Å². The Morgan fingerprint density at radius 3 is 2.00 bits per heavy atom. The van der Waals surface area contributed by atoms with E-state index in [1.807, 2.05) is 0 Å². The SMILES string of the molecule is [C]1=[C]CNC1. The molecule has 0 unspecified atom stereocenters. The first-order chi connectivity index (χ1) is 2.50. The molecule has 1 rings (SSSR count). The Kier molecular flexibility index (Phi) is 0.711. The van der Waals surface area contributed by atoms with Gasteiger partial charge in [-0.3, -0.25) is 0 Å². The molecule has 0 saturated carbocycles. The van der Waals surface area contributed by atoms with Gasteiger partial charge >= 0.3 is 0 Å². The third-order valence-corrected chi connectivity index (χ3v) is 0.552. The maximum Gasteiger partial charge on any atom is 0.0215 e. The zero-order valence-electron chi connectivity index (χ0n) is 2.91. The summed E-state index contributed by atoms with van der Waals surface area (Å²) in [6.45, 7) is 1.78. The molecule has 0 aliphatic carbocycles. The Balaban J connectivity index is 2.32. The van der Waals surface area contributed by atoms with Crippen LogP contribution in [0, 0.1) is 12.2 Å². The highest BCUT2D eigenvalue weighted by atomic mass is 14.9. The van der Waals surface area contributed by atoms with Crippen LogP contribution in [0.15, 0.2) is 0 Å². The van der Waals surface area contributed by atoms with E-state index in [4.69, 9.17) is 0 Å². The minimum atomic E-state index is 0.889. The van der Waals surface area contributed by atoms with Crippen LogP contribution in [0.5, 0.6) is 0 Å². The summed E-state index contributed by atoms with van der Waals surface area (Å²) in [6, 6.07) is 0. The van der Waals surface area contributed by atoms with Crippen molar-refractivity contribution in [3.05, 3.63) is 12.2 Å². The van der Waals surface area contributed by atoms with E-state index in [0.29, 0.717) is 0 Å². The molecular formula is C4H5N. The van der Waals surface area contributed by atoms with E-state index >= 15 is 0 Å². The van der Waals surface area contributed by atoms with E-state index < -0.39 is 0 Å². The molecule has 0 spiro atoms. The molecule has 1 N–H and O–H groups in total. The molecule has 0 bridgehead atoms. The summed E-state index contributed by atoms with van der Waals surface area (Å²) in [5.41, 5.74) is 0. The summed E-state index contributed by atoms with van der Waals surface area (Å²) in [4.78, 5) is 0. The Morgan fingerprint density at radius 2 is 1.80 bits per heavy atom. The van der Waals surface area contributed by atoms with Crippen molar-refractivity contribution in [3.8, 4) is 0 Å². The van der Waals surface area contributed by atoms with E-state index in [2.05, 4.69) is 17.5 Å². The molecule has 0 aromatic rings. The van der Waals surface area contributed by atoms with E-state index in [0.717, 1.165) is 13.1 Å². The Bertz CT molecular complexity index is 41.6. The largest absolute Gasteiger partial charge is 0.309 e.